The van der Waals surface area contributed by atoms with Crippen LogP contribution >= 0.6 is 0 Å². The summed E-state index contributed by atoms with van der Waals surface area (Å²) in [5, 5.41) is 96.2. The van der Waals surface area contributed by atoms with Gasteiger partial charge in [0.25, 0.3) is 0 Å². The van der Waals surface area contributed by atoms with E-state index in [1.54, 1.807) is 0 Å². The van der Waals surface area contributed by atoms with E-state index in [0.29, 0.717) is 0 Å². The van der Waals surface area contributed by atoms with Crippen molar-refractivity contribution in [3.8, 4) is 0 Å². The van der Waals surface area contributed by atoms with Crippen LogP contribution in [-0.4, -0.2) is 170 Å². The maximum absolute atomic E-state index is 11.8. The maximum Gasteiger partial charge on any atom is 0.217 e. The number of hydrogen-bond acceptors (Lipinski definition) is 16. The lowest BCUT2D eigenvalue weighted by Crippen LogP contribution is -2.69. The molecule has 0 aromatic rings. The minimum absolute atomic E-state index is 0.625. The first-order chi connectivity index (χ1) is 18.8. The third-order valence-electron chi connectivity index (χ3n) is 6.88. The van der Waals surface area contributed by atoms with Gasteiger partial charge in [0.2, 0.25) is 11.8 Å². The van der Waals surface area contributed by atoms with E-state index < -0.39 is 124 Å². The second-order valence-electron chi connectivity index (χ2n) is 9.85. The van der Waals surface area contributed by atoms with Crippen molar-refractivity contribution in [2.75, 3.05) is 19.8 Å². The van der Waals surface area contributed by atoms with Crippen LogP contribution in [0.5, 0.6) is 0 Å². The molecule has 3 rings (SSSR count). The molecule has 3 aliphatic heterocycles. The number of carbonyl (C=O) groups is 2. The molecule has 0 bridgehead atoms. The molecular weight excluding hydrogens is 548 g/mol. The van der Waals surface area contributed by atoms with Gasteiger partial charge in [-0.3, -0.25) is 9.59 Å². The van der Waals surface area contributed by atoms with Crippen molar-refractivity contribution in [3.05, 3.63) is 0 Å². The van der Waals surface area contributed by atoms with Gasteiger partial charge in [-0.2, -0.15) is 0 Å². The highest BCUT2D eigenvalue weighted by atomic mass is 16.7. The van der Waals surface area contributed by atoms with Crippen molar-refractivity contribution < 1.29 is 79.2 Å². The second-order valence-corrected chi connectivity index (χ2v) is 9.85. The van der Waals surface area contributed by atoms with Crippen LogP contribution in [0.1, 0.15) is 13.8 Å². The van der Waals surface area contributed by atoms with Crippen LogP contribution in [0.15, 0.2) is 0 Å². The normalized spacial score (nSPS) is 46.0. The van der Waals surface area contributed by atoms with Gasteiger partial charge in [-0.1, -0.05) is 0 Å². The molecule has 3 aliphatic rings. The maximum atomic E-state index is 11.8. The molecular formula is C22H38N2O16. The molecule has 0 saturated carbocycles. The fourth-order valence-corrected chi connectivity index (χ4v) is 4.76. The number of aliphatic hydroxyl groups excluding tert-OH is 9. The Hall–Kier alpha value is -1.62. The number of nitrogens with one attached hydrogen (secondary N) is 2. The number of amides is 2. The van der Waals surface area contributed by atoms with Crippen LogP contribution in [0.25, 0.3) is 0 Å². The zero-order valence-corrected chi connectivity index (χ0v) is 21.7. The van der Waals surface area contributed by atoms with E-state index in [0.717, 1.165) is 13.8 Å². The highest BCUT2D eigenvalue weighted by molar-refractivity contribution is 5.73. The van der Waals surface area contributed by atoms with E-state index in [1.807, 2.05) is 0 Å². The van der Waals surface area contributed by atoms with Crippen LogP contribution in [0, 0.1) is 0 Å². The Morgan fingerprint density at radius 3 is 1.73 bits per heavy atom. The van der Waals surface area contributed by atoms with Gasteiger partial charge in [0.15, 0.2) is 18.9 Å². The fraction of sp³-hybridized carbons (Fsp3) is 0.909. The van der Waals surface area contributed by atoms with E-state index in [9.17, 15) is 55.5 Å². The molecule has 2 amide bonds. The van der Waals surface area contributed by atoms with Gasteiger partial charge in [-0.05, 0) is 0 Å². The molecule has 18 heteroatoms. The molecule has 0 aliphatic carbocycles. The molecule has 232 valence electrons. The van der Waals surface area contributed by atoms with Gasteiger partial charge in [-0.25, -0.2) is 0 Å². The zero-order valence-electron chi connectivity index (χ0n) is 21.7. The molecule has 0 aromatic heterocycles. The lowest BCUT2D eigenvalue weighted by molar-refractivity contribution is -0.342. The Morgan fingerprint density at radius 2 is 1.18 bits per heavy atom. The largest absolute Gasteiger partial charge is 0.394 e. The topological polar surface area (TPSA) is 286 Å². The molecule has 40 heavy (non-hydrogen) atoms. The van der Waals surface area contributed by atoms with Crippen molar-refractivity contribution in [2.24, 2.45) is 0 Å². The van der Waals surface area contributed by atoms with Crippen molar-refractivity contribution in [2.45, 2.75) is 106 Å². The first kappa shape index (κ1) is 32.9. The number of ether oxygens (including phenoxy) is 5. The van der Waals surface area contributed by atoms with Crippen LogP contribution < -0.4 is 10.6 Å². The Labute approximate surface area is 228 Å². The van der Waals surface area contributed by atoms with Crippen molar-refractivity contribution in [1.29, 1.82) is 0 Å². The van der Waals surface area contributed by atoms with Crippen LogP contribution in [0.4, 0.5) is 0 Å². The molecule has 3 fully saturated rings. The summed E-state index contributed by atoms with van der Waals surface area (Å²) in [5.74, 6) is -1.30. The van der Waals surface area contributed by atoms with Gasteiger partial charge in [0, 0.05) is 13.8 Å². The van der Waals surface area contributed by atoms with Gasteiger partial charge >= 0.3 is 0 Å². The number of hydrogen-bond donors (Lipinski definition) is 11. The zero-order chi connectivity index (χ0) is 29.9. The van der Waals surface area contributed by atoms with E-state index in [2.05, 4.69) is 10.6 Å². The van der Waals surface area contributed by atoms with Crippen LogP contribution in [0.3, 0.4) is 0 Å². The Bertz CT molecular complexity index is 852. The molecule has 0 spiro atoms. The molecule has 0 unspecified atom stereocenters. The third kappa shape index (κ3) is 7.23. The highest BCUT2D eigenvalue weighted by Gasteiger charge is 2.52. The molecule has 15 atom stereocenters. The Balaban J connectivity index is 1.85. The van der Waals surface area contributed by atoms with E-state index in [-0.39, 0.29) is 0 Å². The van der Waals surface area contributed by atoms with Crippen LogP contribution in [-0.2, 0) is 33.3 Å². The standard InChI is InChI=1S/C22H38N2O16/c1-6(27)23-11-16(32)19(40-21-12(24-7(2)28)15(31)13(29)8(3-25)38-21)10(37-20(11)35)5-36-22-18(34)17(33)14(30)9(4-26)39-22/h8-22,25-26,29-35H,3-5H2,1-2H3,(H,23,27)(H,24,28)/t8-,9-,10-,11-,12-,13-,14+,15-,16-,17+,18-,19-,20-,21+,22-/m1/s1. The Kier molecular flexibility index (Phi) is 11.5. The average Bonchev–Trinajstić information content (AvgIpc) is 2.90. The minimum atomic E-state index is -1.81. The lowest BCUT2D eigenvalue weighted by atomic mass is 9.94. The fourth-order valence-electron chi connectivity index (χ4n) is 4.76. The van der Waals surface area contributed by atoms with Crippen molar-refractivity contribution in [1.82, 2.24) is 10.6 Å². The van der Waals surface area contributed by atoms with E-state index >= 15 is 0 Å². The average molecular weight is 587 g/mol. The predicted octanol–water partition coefficient (Wildman–Crippen LogP) is -7.29. The quantitative estimate of drug-likeness (QED) is 0.120. The summed E-state index contributed by atoms with van der Waals surface area (Å²) in [6.45, 7) is 0.124. The second kappa shape index (κ2) is 14.0. The SMILES string of the molecule is CC(=O)N[C@@H]1[C@@H](O)[C@H](O[C@@H]2O[C@H](CO)[C@@H](O)[C@H](O)[C@H]2NC(C)=O)[C@@H](CO[C@@H]2O[C@H](CO)[C@H](O)[C@H](O)[C@H]2O)O[C@H]1O. The first-order valence-corrected chi connectivity index (χ1v) is 12.6. The van der Waals surface area contributed by atoms with Crippen molar-refractivity contribution >= 4 is 11.8 Å². The van der Waals surface area contributed by atoms with Gasteiger partial charge < -0.3 is 80.3 Å². The van der Waals surface area contributed by atoms with Crippen molar-refractivity contribution in [3.63, 3.8) is 0 Å². The van der Waals surface area contributed by atoms with E-state index in [1.165, 1.54) is 0 Å². The summed E-state index contributed by atoms with van der Waals surface area (Å²) in [5.41, 5.74) is 0. The first-order valence-electron chi connectivity index (χ1n) is 12.6. The summed E-state index contributed by atoms with van der Waals surface area (Å²) in [7, 11) is 0. The molecule has 3 saturated heterocycles. The number of rotatable bonds is 9. The molecule has 3 heterocycles. The third-order valence-corrected chi connectivity index (χ3v) is 6.88. The lowest BCUT2D eigenvalue weighted by Gasteiger charge is -2.48. The number of aliphatic hydroxyl groups is 9. The Morgan fingerprint density at radius 1 is 0.650 bits per heavy atom. The molecule has 18 nitrogen and oxygen atoms in total. The van der Waals surface area contributed by atoms with Gasteiger partial charge in [0.1, 0.15) is 73.1 Å². The van der Waals surface area contributed by atoms with Crippen LogP contribution in [0.2, 0.25) is 0 Å². The number of carbonyl (C=O) groups excluding carboxylic acids is 2. The summed E-state index contributed by atoms with van der Waals surface area (Å²) in [6.07, 6.45) is -21.0. The summed E-state index contributed by atoms with van der Waals surface area (Å²) in [6, 6.07) is -2.86. The summed E-state index contributed by atoms with van der Waals surface area (Å²) < 4.78 is 27.6. The highest BCUT2D eigenvalue weighted by Crippen LogP contribution is 2.30. The minimum Gasteiger partial charge on any atom is -0.394 e. The summed E-state index contributed by atoms with van der Waals surface area (Å²) in [4.78, 5) is 23.5. The van der Waals surface area contributed by atoms with Gasteiger partial charge in [-0.15, -0.1) is 0 Å². The predicted molar refractivity (Wildman–Crippen MR) is 124 cm³/mol. The monoisotopic (exact) mass is 586 g/mol. The molecule has 11 N–H and O–H groups in total. The molecule has 0 radical (unpaired) electrons. The molecule has 0 aromatic carbocycles. The van der Waals surface area contributed by atoms with E-state index in [4.69, 9.17) is 23.7 Å². The van der Waals surface area contributed by atoms with Gasteiger partial charge in [0.05, 0.1) is 19.8 Å². The summed E-state index contributed by atoms with van der Waals surface area (Å²) >= 11 is 0. The smallest absolute Gasteiger partial charge is 0.217 e.